The lowest BCUT2D eigenvalue weighted by molar-refractivity contribution is 0.281. The molecule has 0 fully saturated rings. The van der Waals surface area contributed by atoms with Crippen molar-refractivity contribution in [1.29, 1.82) is 0 Å². The first-order chi connectivity index (χ1) is 10.2. The Balaban J connectivity index is 2.28. The van der Waals surface area contributed by atoms with Gasteiger partial charge in [-0.3, -0.25) is 0 Å². The third-order valence-electron chi connectivity index (χ3n) is 4.01. The smallest absolute Gasteiger partial charge is 0.143 e. The number of aliphatic hydroxyl groups excluding tert-OH is 1. The molecule has 2 N–H and O–H groups in total. The van der Waals surface area contributed by atoms with E-state index in [1.165, 1.54) is 5.56 Å². The Kier molecular flexibility index (Phi) is 3.43. The Morgan fingerprint density at radius 2 is 1.90 bits per heavy atom. The highest BCUT2D eigenvalue weighted by Crippen LogP contribution is 2.39. The van der Waals surface area contributed by atoms with Crippen molar-refractivity contribution in [1.82, 2.24) is 0 Å². The van der Waals surface area contributed by atoms with Gasteiger partial charge in [0.05, 0.1) is 18.4 Å². The van der Waals surface area contributed by atoms with Crippen LogP contribution in [0.1, 0.15) is 23.6 Å². The molecule has 1 heterocycles. The zero-order chi connectivity index (χ0) is 15.0. The molecule has 0 saturated carbocycles. The Hall–Kier alpha value is -2.26. The predicted octanol–water partition coefficient (Wildman–Crippen LogP) is 4.17. The maximum absolute atomic E-state index is 10.6. The average molecular weight is 282 g/mol. The summed E-state index contributed by atoms with van der Waals surface area (Å²) in [7, 11) is 0. The molecule has 0 unspecified atom stereocenters. The van der Waals surface area contributed by atoms with E-state index in [9.17, 15) is 10.2 Å². The minimum atomic E-state index is -0.107. The summed E-state index contributed by atoms with van der Waals surface area (Å²) in [5.41, 5.74) is 3.42. The average Bonchev–Trinajstić information content (AvgIpc) is 2.88. The lowest BCUT2D eigenvalue weighted by Crippen LogP contribution is -1.89. The van der Waals surface area contributed by atoms with E-state index in [2.05, 4.69) is 13.0 Å². The lowest BCUT2D eigenvalue weighted by Gasteiger charge is -2.10. The number of rotatable bonds is 3. The molecule has 1 aromatic heterocycles. The zero-order valence-electron chi connectivity index (χ0n) is 12.2. The van der Waals surface area contributed by atoms with Crippen LogP contribution >= 0.6 is 0 Å². The first-order valence-electron chi connectivity index (χ1n) is 7.09. The number of aryl methyl sites for hydroxylation is 2. The summed E-state index contributed by atoms with van der Waals surface area (Å²) in [6.45, 7) is 3.87. The Morgan fingerprint density at radius 1 is 1.10 bits per heavy atom. The Morgan fingerprint density at radius 3 is 2.62 bits per heavy atom. The molecule has 21 heavy (non-hydrogen) atoms. The summed E-state index contributed by atoms with van der Waals surface area (Å²) in [4.78, 5) is 0. The van der Waals surface area contributed by atoms with E-state index >= 15 is 0 Å². The van der Waals surface area contributed by atoms with Crippen molar-refractivity contribution in [3.63, 3.8) is 0 Å². The Bertz CT molecular complexity index is 800. The minimum absolute atomic E-state index is 0.107. The molecule has 2 aromatic carbocycles. The lowest BCUT2D eigenvalue weighted by atomic mass is 9.97. The van der Waals surface area contributed by atoms with E-state index in [0.29, 0.717) is 11.3 Å². The topological polar surface area (TPSA) is 53.6 Å². The van der Waals surface area contributed by atoms with Crippen LogP contribution < -0.4 is 0 Å². The number of benzene rings is 2. The van der Waals surface area contributed by atoms with E-state index in [4.69, 9.17) is 4.42 Å². The van der Waals surface area contributed by atoms with Crippen LogP contribution in [0.25, 0.3) is 22.1 Å². The van der Waals surface area contributed by atoms with Gasteiger partial charge in [-0.15, -0.1) is 0 Å². The number of phenolic OH excluding ortho intramolecular Hbond substituents is 1. The third-order valence-corrected chi connectivity index (χ3v) is 4.01. The van der Waals surface area contributed by atoms with E-state index in [1.807, 2.05) is 31.2 Å². The molecule has 0 atom stereocenters. The first-order valence-corrected chi connectivity index (χ1v) is 7.09. The standard InChI is InChI=1S/C18H18O3/c1-3-12-5-4-6-14-13(12)7-8-15(17(14)20)18-16(9-19)11(2)10-21-18/h4-8,10,19-20H,3,9H2,1-2H3. The van der Waals surface area contributed by atoms with Crippen LogP contribution in [-0.4, -0.2) is 10.2 Å². The maximum Gasteiger partial charge on any atom is 0.143 e. The van der Waals surface area contributed by atoms with Gasteiger partial charge in [-0.25, -0.2) is 0 Å². The van der Waals surface area contributed by atoms with Crippen LogP contribution in [-0.2, 0) is 13.0 Å². The molecule has 0 aliphatic carbocycles. The van der Waals surface area contributed by atoms with Crippen molar-refractivity contribution < 1.29 is 14.6 Å². The fraction of sp³-hybridized carbons (Fsp3) is 0.222. The second-order valence-corrected chi connectivity index (χ2v) is 5.21. The number of aliphatic hydroxyl groups is 1. The highest BCUT2D eigenvalue weighted by molar-refractivity contribution is 5.96. The fourth-order valence-corrected chi connectivity index (χ4v) is 2.79. The second kappa shape index (κ2) is 5.26. The number of phenols is 1. The molecule has 0 aliphatic heterocycles. The molecule has 0 radical (unpaired) electrons. The largest absolute Gasteiger partial charge is 0.507 e. The van der Waals surface area contributed by atoms with Gasteiger partial charge < -0.3 is 14.6 Å². The van der Waals surface area contributed by atoms with Crippen LogP contribution in [0.4, 0.5) is 0 Å². The van der Waals surface area contributed by atoms with Gasteiger partial charge in [0, 0.05) is 10.9 Å². The van der Waals surface area contributed by atoms with Crippen molar-refractivity contribution in [3.05, 3.63) is 53.3 Å². The SMILES string of the molecule is CCc1cccc2c(O)c(-c3occ(C)c3CO)ccc12. The normalized spacial score (nSPS) is 11.2. The number of furan rings is 1. The van der Waals surface area contributed by atoms with E-state index < -0.39 is 0 Å². The molecule has 108 valence electrons. The summed E-state index contributed by atoms with van der Waals surface area (Å²) < 4.78 is 5.54. The maximum atomic E-state index is 10.6. The van der Waals surface area contributed by atoms with Crippen LogP contribution in [0.15, 0.2) is 41.0 Å². The molecule has 0 aliphatic rings. The van der Waals surface area contributed by atoms with Gasteiger partial charge in [-0.1, -0.05) is 31.2 Å². The summed E-state index contributed by atoms with van der Waals surface area (Å²) in [5, 5.41) is 22.0. The van der Waals surface area contributed by atoms with E-state index in [1.54, 1.807) is 6.26 Å². The van der Waals surface area contributed by atoms with Crippen LogP contribution in [0.2, 0.25) is 0 Å². The minimum Gasteiger partial charge on any atom is -0.507 e. The molecule has 3 rings (SSSR count). The molecule has 3 heteroatoms. The van der Waals surface area contributed by atoms with Gasteiger partial charge in [0.15, 0.2) is 0 Å². The van der Waals surface area contributed by atoms with Gasteiger partial charge in [0.2, 0.25) is 0 Å². The van der Waals surface area contributed by atoms with Crippen molar-refractivity contribution >= 4 is 10.8 Å². The van der Waals surface area contributed by atoms with Crippen molar-refractivity contribution in [2.45, 2.75) is 26.9 Å². The second-order valence-electron chi connectivity index (χ2n) is 5.21. The quantitative estimate of drug-likeness (QED) is 0.758. The summed E-state index contributed by atoms with van der Waals surface area (Å²) in [6, 6.07) is 9.78. The molecule has 0 amide bonds. The molecular formula is C18H18O3. The monoisotopic (exact) mass is 282 g/mol. The van der Waals surface area contributed by atoms with Crippen molar-refractivity contribution in [2.75, 3.05) is 0 Å². The summed E-state index contributed by atoms with van der Waals surface area (Å²) >= 11 is 0. The van der Waals surface area contributed by atoms with Gasteiger partial charge >= 0.3 is 0 Å². The summed E-state index contributed by atoms with van der Waals surface area (Å²) in [6.07, 6.45) is 2.52. The van der Waals surface area contributed by atoms with Gasteiger partial charge in [-0.2, -0.15) is 0 Å². The highest BCUT2D eigenvalue weighted by Gasteiger charge is 2.17. The molecule has 3 aromatic rings. The zero-order valence-corrected chi connectivity index (χ0v) is 12.2. The number of fused-ring (bicyclic) bond motifs is 1. The van der Waals surface area contributed by atoms with E-state index in [0.717, 1.165) is 28.3 Å². The van der Waals surface area contributed by atoms with Gasteiger partial charge in [0.25, 0.3) is 0 Å². The number of aromatic hydroxyl groups is 1. The molecule has 0 bridgehead atoms. The summed E-state index contributed by atoms with van der Waals surface area (Å²) in [5.74, 6) is 0.739. The molecular weight excluding hydrogens is 264 g/mol. The molecule has 0 saturated heterocycles. The fourth-order valence-electron chi connectivity index (χ4n) is 2.79. The van der Waals surface area contributed by atoms with Crippen LogP contribution in [0.3, 0.4) is 0 Å². The number of hydrogen-bond acceptors (Lipinski definition) is 3. The highest BCUT2D eigenvalue weighted by atomic mass is 16.3. The molecule has 3 nitrogen and oxygen atoms in total. The van der Waals surface area contributed by atoms with Crippen LogP contribution in [0, 0.1) is 6.92 Å². The number of hydrogen-bond donors (Lipinski definition) is 2. The molecule has 0 spiro atoms. The predicted molar refractivity (Wildman–Crippen MR) is 83.4 cm³/mol. The van der Waals surface area contributed by atoms with Crippen molar-refractivity contribution in [3.8, 4) is 17.1 Å². The Labute approximate surface area is 123 Å². The van der Waals surface area contributed by atoms with E-state index in [-0.39, 0.29) is 12.4 Å². The van der Waals surface area contributed by atoms with Gasteiger partial charge in [0.1, 0.15) is 11.5 Å². The van der Waals surface area contributed by atoms with Crippen LogP contribution in [0.5, 0.6) is 5.75 Å². The van der Waals surface area contributed by atoms with Gasteiger partial charge in [-0.05, 0) is 35.9 Å². The van der Waals surface area contributed by atoms with Crippen molar-refractivity contribution in [2.24, 2.45) is 0 Å². The first kappa shape index (κ1) is 13.7. The third kappa shape index (κ3) is 2.10.